The fraction of sp³-hybridized carbons (Fsp3) is 0.333. The van der Waals surface area contributed by atoms with E-state index in [-0.39, 0.29) is 28.5 Å². The zero-order chi connectivity index (χ0) is 18.0. The molecular formula is C18H18ClF2N3O. The molecule has 1 aliphatic rings. The van der Waals surface area contributed by atoms with Gasteiger partial charge in [0.15, 0.2) is 0 Å². The van der Waals surface area contributed by atoms with Crippen LogP contribution in [-0.2, 0) is 6.54 Å². The van der Waals surface area contributed by atoms with E-state index in [0.717, 1.165) is 38.1 Å². The lowest BCUT2D eigenvalue weighted by molar-refractivity contribution is 0.536. The normalized spacial score (nSPS) is 14.6. The van der Waals surface area contributed by atoms with Crippen LogP contribution in [0.25, 0.3) is 11.3 Å². The van der Waals surface area contributed by atoms with Crippen molar-refractivity contribution in [3.05, 3.63) is 51.3 Å². The second-order valence-corrected chi connectivity index (χ2v) is 6.27. The summed E-state index contributed by atoms with van der Waals surface area (Å²) in [6, 6.07) is 4.96. The number of halogens is 3. The summed E-state index contributed by atoms with van der Waals surface area (Å²) in [5, 5.41) is -0.0316. The zero-order valence-corrected chi connectivity index (χ0v) is 14.6. The number of likely N-dealkylation sites (tertiary alicyclic amines) is 1. The number of rotatable bonds is 4. The van der Waals surface area contributed by atoms with Crippen molar-refractivity contribution >= 4 is 23.6 Å². The Kier molecular flexibility index (Phi) is 5.18. The van der Waals surface area contributed by atoms with Gasteiger partial charge in [0.25, 0.3) is 5.56 Å². The van der Waals surface area contributed by atoms with Crippen molar-refractivity contribution in [2.24, 2.45) is 4.99 Å². The van der Waals surface area contributed by atoms with Gasteiger partial charge in [0.2, 0.25) is 0 Å². The standard InChI is InChI=1S/C18H18ClF2N3O/c1-2-24-17(16-13(20)6-5-7-14(16)21)15(10-12(19)18(24)25)22-11-23-8-3-4-9-23/h5-7,10-11H,2-4,8-9H2,1H3/b22-11+. The quantitative estimate of drug-likeness (QED) is 0.601. The number of aromatic nitrogens is 1. The third-order valence-corrected chi connectivity index (χ3v) is 4.51. The predicted molar refractivity (Wildman–Crippen MR) is 95.7 cm³/mol. The van der Waals surface area contributed by atoms with Gasteiger partial charge in [-0.15, -0.1) is 0 Å². The molecule has 132 valence electrons. The molecule has 0 N–H and O–H groups in total. The van der Waals surface area contributed by atoms with E-state index in [1.807, 2.05) is 4.90 Å². The molecule has 3 rings (SSSR count). The Hall–Kier alpha value is -2.21. The first kappa shape index (κ1) is 17.6. The lowest BCUT2D eigenvalue weighted by Crippen LogP contribution is -2.22. The van der Waals surface area contributed by atoms with Crippen LogP contribution in [0.1, 0.15) is 19.8 Å². The van der Waals surface area contributed by atoms with E-state index in [2.05, 4.69) is 4.99 Å². The number of nitrogens with zero attached hydrogens (tertiary/aromatic N) is 3. The van der Waals surface area contributed by atoms with Crippen molar-refractivity contribution in [1.82, 2.24) is 9.47 Å². The third-order valence-electron chi connectivity index (χ3n) is 4.24. The van der Waals surface area contributed by atoms with Gasteiger partial charge in [-0.1, -0.05) is 17.7 Å². The Morgan fingerprint density at radius 1 is 1.24 bits per heavy atom. The molecule has 25 heavy (non-hydrogen) atoms. The highest BCUT2D eigenvalue weighted by molar-refractivity contribution is 6.30. The fourth-order valence-electron chi connectivity index (χ4n) is 3.01. The monoisotopic (exact) mass is 365 g/mol. The third kappa shape index (κ3) is 3.44. The molecule has 0 bridgehead atoms. The van der Waals surface area contributed by atoms with Crippen LogP contribution in [-0.4, -0.2) is 28.9 Å². The van der Waals surface area contributed by atoms with Gasteiger partial charge in [-0.3, -0.25) is 4.79 Å². The molecule has 1 fully saturated rings. The largest absolute Gasteiger partial charge is 0.363 e. The first-order valence-corrected chi connectivity index (χ1v) is 8.56. The molecule has 1 aliphatic heterocycles. The van der Waals surface area contributed by atoms with Gasteiger partial charge in [0.1, 0.15) is 16.7 Å². The minimum atomic E-state index is -0.749. The van der Waals surface area contributed by atoms with Crippen LogP contribution < -0.4 is 5.56 Å². The number of hydrogen-bond donors (Lipinski definition) is 0. The number of benzene rings is 1. The molecule has 4 nitrogen and oxygen atoms in total. The van der Waals surface area contributed by atoms with E-state index in [4.69, 9.17) is 11.6 Å². The SMILES string of the molecule is CCn1c(-c2c(F)cccc2F)c(/N=C/N2CCCC2)cc(Cl)c1=O. The summed E-state index contributed by atoms with van der Waals surface area (Å²) < 4.78 is 30.0. The Bertz CT molecular complexity index is 853. The highest BCUT2D eigenvalue weighted by Gasteiger charge is 2.21. The van der Waals surface area contributed by atoms with E-state index in [0.29, 0.717) is 0 Å². The maximum atomic E-state index is 14.4. The molecule has 2 heterocycles. The van der Waals surface area contributed by atoms with E-state index >= 15 is 0 Å². The Labute approximate surface area is 149 Å². The Morgan fingerprint density at radius 3 is 2.48 bits per heavy atom. The van der Waals surface area contributed by atoms with Gasteiger partial charge >= 0.3 is 0 Å². The minimum absolute atomic E-state index is 0.0316. The number of hydrogen-bond acceptors (Lipinski definition) is 2. The van der Waals surface area contributed by atoms with Crippen LogP contribution in [0.3, 0.4) is 0 Å². The summed E-state index contributed by atoms with van der Waals surface area (Å²) in [7, 11) is 0. The topological polar surface area (TPSA) is 37.6 Å². The first-order valence-electron chi connectivity index (χ1n) is 8.19. The maximum Gasteiger partial charge on any atom is 0.269 e. The van der Waals surface area contributed by atoms with E-state index in [9.17, 15) is 13.6 Å². The van der Waals surface area contributed by atoms with Crippen LogP contribution in [0, 0.1) is 11.6 Å². The fourth-order valence-corrected chi connectivity index (χ4v) is 3.21. The van der Waals surface area contributed by atoms with Gasteiger partial charge in [0.05, 0.1) is 23.3 Å². The van der Waals surface area contributed by atoms with Gasteiger partial charge in [-0.05, 0) is 38.0 Å². The summed E-state index contributed by atoms with van der Waals surface area (Å²) >= 11 is 6.02. The van der Waals surface area contributed by atoms with Gasteiger partial charge in [-0.25, -0.2) is 13.8 Å². The van der Waals surface area contributed by atoms with Gasteiger partial charge in [-0.2, -0.15) is 0 Å². The lowest BCUT2D eigenvalue weighted by atomic mass is 10.1. The van der Waals surface area contributed by atoms with Crippen molar-refractivity contribution in [2.75, 3.05) is 13.1 Å². The van der Waals surface area contributed by atoms with Gasteiger partial charge < -0.3 is 9.47 Å². The molecule has 0 radical (unpaired) electrons. The summed E-state index contributed by atoms with van der Waals surface area (Å²) in [4.78, 5) is 18.8. The molecule has 2 aromatic rings. The summed E-state index contributed by atoms with van der Waals surface area (Å²) in [6.45, 7) is 3.70. The van der Waals surface area contributed by atoms with Gasteiger partial charge in [0, 0.05) is 19.6 Å². The second kappa shape index (κ2) is 7.35. The molecule has 0 unspecified atom stereocenters. The summed E-state index contributed by atoms with van der Waals surface area (Å²) in [5.74, 6) is -1.50. The van der Waals surface area contributed by atoms with Crippen molar-refractivity contribution in [2.45, 2.75) is 26.3 Å². The minimum Gasteiger partial charge on any atom is -0.363 e. The van der Waals surface area contributed by atoms with E-state index < -0.39 is 17.2 Å². The lowest BCUT2D eigenvalue weighted by Gasteiger charge is -2.16. The smallest absolute Gasteiger partial charge is 0.269 e. The molecule has 0 atom stereocenters. The van der Waals surface area contributed by atoms with Crippen LogP contribution >= 0.6 is 11.6 Å². The highest BCUT2D eigenvalue weighted by atomic mass is 35.5. The van der Waals surface area contributed by atoms with Crippen LogP contribution in [0.5, 0.6) is 0 Å². The van der Waals surface area contributed by atoms with Crippen molar-refractivity contribution < 1.29 is 8.78 Å². The van der Waals surface area contributed by atoms with E-state index in [1.165, 1.54) is 16.7 Å². The molecule has 1 saturated heterocycles. The molecule has 0 spiro atoms. The number of pyridine rings is 1. The Morgan fingerprint density at radius 2 is 1.88 bits per heavy atom. The maximum absolute atomic E-state index is 14.4. The average Bonchev–Trinajstić information content (AvgIpc) is 3.10. The Balaban J connectivity index is 2.23. The molecule has 1 aromatic carbocycles. The van der Waals surface area contributed by atoms with Crippen LogP contribution in [0.15, 0.2) is 34.1 Å². The number of aliphatic imine (C=N–C) groups is 1. The summed E-state index contributed by atoms with van der Waals surface area (Å²) in [6.07, 6.45) is 3.80. The van der Waals surface area contributed by atoms with E-state index in [1.54, 1.807) is 13.3 Å². The molecule has 0 amide bonds. The van der Waals surface area contributed by atoms with Crippen molar-refractivity contribution in [1.29, 1.82) is 0 Å². The molecule has 1 aromatic heterocycles. The van der Waals surface area contributed by atoms with Crippen LogP contribution in [0.4, 0.5) is 14.5 Å². The van der Waals surface area contributed by atoms with Crippen LogP contribution in [0.2, 0.25) is 5.02 Å². The molecule has 0 aliphatic carbocycles. The second-order valence-electron chi connectivity index (χ2n) is 5.86. The molecular weight excluding hydrogens is 348 g/mol. The average molecular weight is 366 g/mol. The highest BCUT2D eigenvalue weighted by Crippen LogP contribution is 2.34. The predicted octanol–water partition coefficient (Wildman–Crippen LogP) is 4.22. The molecule has 7 heteroatoms. The first-order chi connectivity index (χ1) is 12.0. The van der Waals surface area contributed by atoms with Crippen molar-refractivity contribution in [3.63, 3.8) is 0 Å². The zero-order valence-electron chi connectivity index (χ0n) is 13.8. The summed E-state index contributed by atoms with van der Waals surface area (Å²) in [5.41, 5.74) is -0.404. The molecule has 0 saturated carbocycles. The van der Waals surface area contributed by atoms with Crippen molar-refractivity contribution in [3.8, 4) is 11.3 Å².